The van der Waals surface area contributed by atoms with Crippen molar-refractivity contribution in [3.63, 3.8) is 0 Å². The van der Waals surface area contributed by atoms with Crippen LogP contribution in [-0.4, -0.2) is 24.5 Å². The fraction of sp³-hybridized carbons (Fsp3) is 0.900. The van der Waals surface area contributed by atoms with Gasteiger partial charge < -0.3 is 9.47 Å². The highest BCUT2D eigenvalue weighted by molar-refractivity contribution is 5.56. The quantitative estimate of drug-likeness (QED) is 0.658. The molecule has 1 heterocycles. The molecule has 0 aliphatic carbocycles. The molecule has 1 unspecified atom stereocenters. The molecule has 0 amide bonds. The van der Waals surface area contributed by atoms with Crippen LogP contribution in [0.1, 0.15) is 39.5 Å². The predicted molar refractivity (Wildman–Crippen MR) is 49.5 cm³/mol. The highest BCUT2D eigenvalue weighted by Gasteiger charge is 2.29. The van der Waals surface area contributed by atoms with E-state index in [4.69, 9.17) is 4.74 Å². The Morgan fingerprint density at radius 3 is 2.71 bits per heavy atom. The molecule has 0 N–H and O–H groups in total. The van der Waals surface area contributed by atoms with Gasteiger partial charge in [-0.2, -0.15) is 9.90 Å². The summed E-state index contributed by atoms with van der Waals surface area (Å²) in [5.41, 5.74) is -0.708. The van der Waals surface area contributed by atoms with E-state index in [1.165, 1.54) is 0 Å². The monoisotopic (exact) mass is 201 g/mol. The Kier molecular flexibility index (Phi) is 3.75. The van der Waals surface area contributed by atoms with Gasteiger partial charge in [-0.3, -0.25) is 0 Å². The van der Waals surface area contributed by atoms with Gasteiger partial charge in [0.15, 0.2) is 0 Å². The van der Waals surface area contributed by atoms with Crippen molar-refractivity contribution in [2.75, 3.05) is 6.61 Å². The van der Waals surface area contributed by atoms with Crippen molar-refractivity contribution >= 4 is 6.16 Å². The van der Waals surface area contributed by atoms with Gasteiger partial charge in [-0.15, -0.1) is 0 Å². The van der Waals surface area contributed by atoms with Gasteiger partial charge in [0.2, 0.25) is 0 Å². The van der Waals surface area contributed by atoms with Gasteiger partial charge in [-0.25, -0.2) is 0 Å². The maximum absolute atomic E-state index is 10.3. The Labute approximate surface area is 84.2 Å². The Morgan fingerprint density at radius 2 is 2.21 bits per heavy atom. The van der Waals surface area contributed by atoms with Crippen molar-refractivity contribution in [3.8, 4) is 0 Å². The van der Waals surface area contributed by atoms with Crippen LogP contribution in [0, 0.1) is 0 Å². The van der Waals surface area contributed by atoms with Gasteiger partial charge in [0.1, 0.15) is 5.60 Å². The lowest BCUT2D eigenvalue weighted by Gasteiger charge is -2.30. The number of carbonyl (C=O) groups is 1. The fourth-order valence-corrected chi connectivity index (χ4v) is 1.78. The zero-order chi connectivity index (χ0) is 10.6. The minimum atomic E-state index is -1.47. The SMILES string of the molecule is CC(C)(CC1CCCCO1)OC([O])=O. The standard InChI is InChI=1S/C10H17O4/c1-10(2,14-9(11)12)7-8-5-3-4-6-13-8/h8H,3-7H2,1-2H3. The molecule has 1 rings (SSSR count). The molecule has 81 valence electrons. The molecule has 0 saturated carbocycles. The summed E-state index contributed by atoms with van der Waals surface area (Å²) in [5, 5.41) is 10.3. The second-order valence-corrected chi connectivity index (χ2v) is 4.30. The van der Waals surface area contributed by atoms with Crippen LogP contribution >= 0.6 is 0 Å². The average Bonchev–Trinajstić information content (AvgIpc) is 2.02. The van der Waals surface area contributed by atoms with E-state index in [1.54, 1.807) is 13.8 Å². The Hall–Kier alpha value is -0.770. The van der Waals surface area contributed by atoms with E-state index in [-0.39, 0.29) is 6.10 Å². The molecule has 4 nitrogen and oxygen atoms in total. The molecule has 0 aromatic carbocycles. The molecule has 0 spiro atoms. The molecule has 1 radical (unpaired) electrons. The summed E-state index contributed by atoms with van der Waals surface area (Å²) in [7, 11) is 0. The molecule has 4 heteroatoms. The Morgan fingerprint density at radius 1 is 1.50 bits per heavy atom. The van der Waals surface area contributed by atoms with E-state index in [1.807, 2.05) is 0 Å². The van der Waals surface area contributed by atoms with Crippen molar-refractivity contribution < 1.29 is 19.4 Å². The summed E-state index contributed by atoms with van der Waals surface area (Å²) in [4.78, 5) is 10.3. The largest absolute Gasteiger partial charge is 0.550 e. The lowest BCUT2D eigenvalue weighted by molar-refractivity contribution is -0.0642. The summed E-state index contributed by atoms with van der Waals surface area (Å²) in [6, 6.07) is 0. The normalized spacial score (nSPS) is 23.1. The third-order valence-corrected chi connectivity index (χ3v) is 2.35. The van der Waals surface area contributed by atoms with Crippen LogP contribution in [0.5, 0.6) is 0 Å². The maximum Gasteiger partial charge on any atom is 0.550 e. The smallest absolute Gasteiger partial charge is 0.426 e. The summed E-state index contributed by atoms with van der Waals surface area (Å²) >= 11 is 0. The van der Waals surface area contributed by atoms with Crippen LogP contribution in [0.4, 0.5) is 4.79 Å². The highest BCUT2D eigenvalue weighted by atomic mass is 16.7. The Balaban J connectivity index is 2.36. The first kappa shape index (κ1) is 11.3. The van der Waals surface area contributed by atoms with Crippen LogP contribution in [0.2, 0.25) is 0 Å². The number of ether oxygens (including phenoxy) is 2. The minimum absolute atomic E-state index is 0.123. The van der Waals surface area contributed by atoms with Gasteiger partial charge in [-0.1, -0.05) is 0 Å². The second kappa shape index (κ2) is 4.64. The molecule has 0 aromatic heterocycles. The third kappa shape index (κ3) is 3.96. The molecule has 0 aromatic rings. The summed E-state index contributed by atoms with van der Waals surface area (Å²) in [5.74, 6) is 0. The molecular formula is C10H17O4. The molecule has 14 heavy (non-hydrogen) atoms. The van der Waals surface area contributed by atoms with Crippen LogP contribution < -0.4 is 0 Å². The van der Waals surface area contributed by atoms with E-state index in [0.29, 0.717) is 6.42 Å². The van der Waals surface area contributed by atoms with Crippen LogP contribution in [0.3, 0.4) is 0 Å². The number of hydrogen-bond donors (Lipinski definition) is 0. The van der Waals surface area contributed by atoms with E-state index in [0.717, 1.165) is 25.9 Å². The maximum atomic E-state index is 10.3. The zero-order valence-corrected chi connectivity index (χ0v) is 8.75. The Bertz CT molecular complexity index is 194. The van der Waals surface area contributed by atoms with Gasteiger partial charge in [0, 0.05) is 13.0 Å². The van der Waals surface area contributed by atoms with Gasteiger partial charge in [0.05, 0.1) is 6.10 Å². The van der Waals surface area contributed by atoms with Crippen molar-refractivity contribution in [1.29, 1.82) is 0 Å². The molecule has 1 aliphatic rings. The first-order valence-corrected chi connectivity index (χ1v) is 5.01. The summed E-state index contributed by atoms with van der Waals surface area (Å²) in [6.07, 6.45) is 2.48. The lowest BCUT2D eigenvalue weighted by atomic mass is 9.96. The second-order valence-electron chi connectivity index (χ2n) is 4.30. The minimum Gasteiger partial charge on any atom is -0.426 e. The molecule has 1 atom stereocenters. The van der Waals surface area contributed by atoms with Crippen LogP contribution in [-0.2, 0) is 14.6 Å². The topological polar surface area (TPSA) is 55.4 Å². The first-order valence-electron chi connectivity index (χ1n) is 5.01. The molecule has 1 saturated heterocycles. The lowest BCUT2D eigenvalue weighted by Crippen LogP contribution is -2.34. The van der Waals surface area contributed by atoms with E-state index in [9.17, 15) is 9.90 Å². The number of carbonyl (C=O) groups excluding carboxylic acids is 1. The molecular weight excluding hydrogens is 184 g/mol. The average molecular weight is 201 g/mol. The van der Waals surface area contributed by atoms with Crippen molar-refractivity contribution in [1.82, 2.24) is 0 Å². The highest BCUT2D eigenvalue weighted by Crippen LogP contribution is 2.24. The molecule has 1 fully saturated rings. The van der Waals surface area contributed by atoms with E-state index in [2.05, 4.69) is 4.74 Å². The van der Waals surface area contributed by atoms with Crippen molar-refractivity contribution in [2.24, 2.45) is 0 Å². The van der Waals surface area contributed by atoms with Gasteiger partial charge >= 0.3 is 6.16 Å². The third-order valence-electron chi connectivity index (χ3n) is 2.35. The van der Waals surface area contributed by atoms with Crippen LogP contribution in [0.25, 0.3) is 0 Å². The van der Waals surface area contributed by atoms with Gasteiger partial charge in [-0.05, 0) is 33.1 Å². The van der Waals surface area contributed by atoms with Crippen LogP contribution in [0.15, 0.2) is 0 Å². The fourth-order valence-electron chi connectivity index (χ4n) is 1.78. The zero-order valence-electron chi connectivity index (χ0n) is 8.75. The van der Waals surface area contributed by atoms with Gasteiger partial charge in [0.25, 0.3) is 0 Å². The summed E-state index contributed by atoms with van der Waals surface area (Å²) < 4.78 is 10.2. The predicted octanol–water partition coefficient (Wildman–Crippen LogP) is 2.29. The van der Waals surface area contributed by atoms with Crippen molar-refractivity contribution in [2.45, 2.75) is 51.2 Å². The van der Waals surface area contributed by atoms with E-state index < -0.39 is 11.8 Å². The van der Waals surface area contributed by atoms with Crippen molar-refractivity contribution in [3.05, 3.63) is 0 Å². The van der Waals surface area contributed by atoms with E-state index >= 15 is 0 Å². The number of rotatable bonds is 3. The summed E-state index contributed by atoms with van der Waals surface area (Å²) in [6.45, 7) is 4.24. The molecule has 1 aliphatic heterocycles. The molecule has 0 bridgehead atoms. The first-order chi connectivity index (χ1) is 6.49. The number of hydrogen-bond acceptors (Lipinski definition) is 3.